The zero-order valence-corrected chi connectivity index (χ0v) is 12.4. The van der Waals surface area contributed by atoms with E-state index in [1.165, 1.54) is 0 Å². The van der Waals surface area contributed by atoms with Crippen molar-refractivity contribution in [1.29, 1.82) is 0 Å². The number of carboxylic acids is 1. The number of hydrogen-bond acceptors (Lipinski definition) is 3. The molecule has 0 radical (unpaired) electrons. The van der Waals surface area contributed by atoms with Crippen LogP contribution >= 0.6 is 0 Å². The van der Waals surface area contributed by atoms with Crippen molar-refractivity contribution in [2.75, 3.05) is 25.6 Å². The zero-order valence-electron chi connectivity index (χ0n) is 12.4. The Morgan fingerprint density at radius 3 is 2.47 bits per heavy atom. The summed E-state index contributed by atoms with van der Waals surface area (Å²) >= 11 is 0. The molecule has 1 aromatic carbocycles. The number of aliphatic carboxylic acids is 1. The number of carboxylic acid groups (broad SMARTS) is 1. The van der Waals surface area contributed by atoms with Crippen LogP contribution in [0.2, 0.25) is 0 Å². The van der Waals surface area contributed by atoms with Crippen molar-refractivity contribution in [3.8, 4) is 5.75 Å². The van der Waals surface area contributed by atoms with E-state index in [4.69, 9.17) is 9.84 Å². The lowest BCUT2D eigenvalue weighted by molar-refractivity contribution is -0.141. The smallest absolute Gasteiger partial charge is 0.308 e. The summed E-state index contributed by atoms with van der Waals surface area (Å²) in [4.78, 5) is 13.1. The van der Waals surface area contributed by atoms with E-state index in [1.54, 1.807) is 7.11 Å². The third-order valence-corrected chi connectivity index (χ3v) is 3.68. The lowest BCUT2D eigenvalue weighted by Crippen LogP contribution is -2.30. The Balaban J connectivity index is 2.97. The molecule has 1 atom stereocenters. The van der Waals surface area contributed by atoms with Crippen LogP contribution in [0.15, 0.2) is 12.1 Å². The number of anilines is 1. The SMILES string of the molecule is CCC(CN(C)c1ccc(OC)c(C)c1C)C(=O)O. The van der Waals surface area contributed by atoms with E-state index >= 15 is 0 Å². The van der Waals surface area contributed by atoms with Gasteiger partial charge in [0.15, 0.2) is 0 Å². The molecular formula is C15H23NO3. The number of nitrogens with zero attached hydrogens (tertiary/aromatic N) is 1. The summed E-state index contributed by atoms with van der Waals surface area (Å²) in [6.07, 6.45) is 0.633. The average molecular weight is 265 g/mol. The summed E-state index contributed by atoms with van der Waals surface area (Å²) in [7, 11) is 3.59. The Hall–Kier alpha value is -1.71. The molecule has 0 amide bonds. The molecule has 19 heavy (non-hydrogen) atoms. The van der Waals surface area contributed by atoms with E-state index < -0.39 is 5.97 Å². The molecule has 0 fully saturated rings. The van der Waals surface area contributed by atoms with Gasteiger partial charge in [-0.05, 0) is 43.5 Å². The number of benzene rings is 1. The Morgan fingerprint density at radius 1 is 1.37 bits per heavy atom. The molecule has 0 aliphatic rings. The maximum atomic E-state index is 11.1. The van der Waals surface area contributed by atoms with Crippen LogP contribution in [0.25, 0.3) is 0 Å². The minimum absolute atomic E-state index is 0.341. The second-order valence-corrected chi connectivity index (χ2v) is 4.86. The molecule has 1 aromatic rings. The number of methoxy groups -OCH3 is 1. The van der Waals surface area contributed by atoms with Gasteiger partial charge in [0, 0.05) is 19.3 Å². The second kappa shape index (κ2) is 6.45. The number of carbonyl (C=O) groups is 1. The predicted molar refractivity (Wildman–Crippen MR) is 77.2 cm³/mol. The fourth-order valence-corrected chi connectivity index (χ4v) is 2.23. The molecule has 0 saturated carbocycles. The number of hydrogen-bond donors (Lipinski definition) is 1. The molecule has 0 saturated heterocycles. The minimum Gasteiger partial charge on any atom is -0.496 e. The highest BCUT2D eigenvalue weighted by atomic mass is 16.5. The topological polar surface area (TPSA) is 49.8 Å². The highest BCUT2D eigenvalue weighted by Crippen LogP contribution is 2.29. The molecule has 106 valence electrons. The van der Waals surface area contributed by atoms with E-state index in [-0.39, 0.29) is 5.92 Å². The number of ether oxygens (including phenoxy) is 1. The van der Waals surface area contributed by atoms with Gasteiger partial charge in [-0.15, -0.1) is 0 Å². The number of rotatable bonds is 6. The van der Waals surface area contributed by atoms with Gasteiger partial charge >= 0.3 is 5.97 Å². The third-order valence-electron chi connectivity index (χ3n) is 3.68. The van der Waals surface area contributed by atoms with E-state index in [1.807, 2.05) is 44.9 Å². The minimum atomic E-state index is -0.739. The first-order valence-electron chi connectivity index (χ1n) is 6.50. The molecule has 1 unspecified atom stereocenters. The van der Waals surface area contributed by atoms with Gasteiger partial charge in [-0.1, -0.05) is 6.92 Å². The van der Waals surface area contributed by atoms with E-state index in [2.05, 4.69) is 0 Å². The van der Waals surface area contributed by atoms with Crippen LogP contribution in [0.1, 0.15) is 24.5 Å². The van der Waals surface area contributed by atoms with Crippen molar-refractivity contribution < 1.29 is 14.6 Å². The summed E-state index contributed by atoms with van der Waals surface area (Å²) in [5.41, 5.74) is 3.27. The fraction of sp³-hybridized carbons (Fsp3) is 0.533. The first-order chi connectivity index (χ1) is 8.92. The highest BCUT2D eigenvalue weighted by molar-refractivity contribution is 5.71. The van der Waals surface area contributed by atoms with E-state index in [0.29, 0.717) is 13.0 Å². The molecule has 1 rings (SSSR count). The van der Waals surface area contributed by atoms with Crippen LogP contribution in [-0.4, -0.2) is 31.8 Å². The van der Waals surface area contributed by atoms with E-state index in [0.717, 1.165) is 22.6 Å². The standard InChI is InChI=1S/C15H23NO3/c1-6-12(15(17)18)9-16(4)13-7-8-14(19-5)11(3)10(13)2/h7-8,12H,6,9H2,1-5H3,(H,17,18). The molecule has 4 nitrogen and oxygen atoms in total. The van der Waals surface area contributed by atoms with Crippen LogP contribution in [0, 0.1) is 19.8 Å². The van der Waals surface area contributed by atoms with Gasteiger partial charge in [0.25, 0.3) is 0 Å². The van der Waals surface area contributed by atoms with Crippen LogP contribution in [0.4, 0.5) is 5.69 Å². The van der Waals surface area contributed by atoms with Gasteiger partial charge in [0.1, 0.15) is 5.75 Å². The maximum Gasteiger partial charge on any atom is 0.308 e. The summed E-state index contributed by atoms with van der Waals surface area (Å²) in [6.45, 7) is 6.46. The maximum absolute atomic E-state index is 11.1. The van der Waals surface area contributed by atoms with Crippen molar-refractivity contribution in [3.63, 3.8) is 0 Å². The van der Waals surface area contributed by atoms with Crippen LogP contribution in [0.5, 0.6) is 5.75 Å². The molecule has 0 aliphatic heterocycles. The first-order valence-corrected chi connectivity index (χ1v) is 6.50. The quantitative estimate of drug-likeness (QED) is 0.859. The molecule has 0 spiro atoms. The lowest BCUT2D eigenvalue weighted by Gasteiger charge is -2.25. The van der Waals surface area contributed by atoms with Gasteiger partial charge in [-0.2, -0.15) is 0 Å². The Morgan fingerprint density at radius 2 is 2.00 bits per heavy atom. The van der Waals surface area contributed by atoms with Crippen LogP contribution in [0.3, 0.4) is 0 Å². The summed E-state index contributed by atoms with van der Waals surface area (Å²) < 4.78 is 5.29. The summed E-state index contributed by atoms with van der Waals surface area (Å²) in [5, 5.41) is 9.13. The third kappa shape index (κ3) is 3.40. The zero-order chi connectivity index (χ0) is 14.6. The Bertz CT molecular complexity index is 457. The molecule has 4 heteroatoms. The average Bonchev–Trinajstić information content (AvgIpc) is 2.38. The van der Waals surface area contributed by atoms with Crippen molar-refractivity contribution in [2.24, 2.45) is 5.92 Å². The fourth-order valence-electron chi connectivity index (χ4n) is 2.23. The Labute approximate surface area is 115 Å². The Kier molecular flexibility index (Phi) is 5.21. The molecule has 0 heterocycles. The van der Waals surface area contributed by atoms with Gasteiger partial charge in [0.05, 0.1) is 13.0 Å². The molecular weight excluding hydrogens is 242 g/mol. The second-order valence-electron chi connectivity index (χ2n) is 4.86. The van der Waals surface area contributed by atoms with Crippen molar-refractivity contribution in [3.05, 3.63) is 23.3 Å². The van der Waals surface area contributed by atoms with Gasteiger partial charge < -0.3 is 14.7 Å². The molecule has 0 aliphatic carbocycles. The predicted octanol–water partition coefficient (Wildman–Crippen LogP) is 2.86. The normalized spacial score (nSPS) is 12.1. The lowest BCUT2D eigenvalue weighted by atomic mass is 10.0. The summed E-state index contributed by atoms with van der Waals surface area (Å²) in [5.74, 6) is -0.219. The monoisotopic (exact) mass is 265 g/mol. The van der Waals surface area contributed by atoms with E-state index in [9.17, 15) is 4.79 Å². The molecule has 0 aromatic heterocycles. The van der Waals surface area contributed by atoms with Gasteiger partial charge in [0.2, 0.25) is 0 Å². The van der Waals surface area contributed by atoms with Crippen LogP contribution in [-0.2, 0) is 4.79 Å². The molecule has 0 bridgehead atoms. The van der Waals surface area contributed by atoms with Crippen molar-refractivity contribution in [2.45, 2.75) is 27.2 Å². The first kappa shape index (κ1) is 15.3. The largest absolute Gasteiger partial charge is 0.496 e. The highest BCUT2D eigenvalue weighted by Gasteiger charge is 2.19. The summed E-state index contributed by atoms with van der Waals surface area (Å²) in [6, 6.07) is 3.91. The van der Waals surface area contributed by atoms with Gasteiger partial charge in [-0.25, -0.2) is 0 Å². The van der Waals surface area contributed by atoms with Crippen molar-refractivity contribution >= 4 is 11.7 Å². The van der Waals surface area contributed by atoms with Crippen LogP contribution < -0.4 is 9.64 Å². The van der Waals surface area contributed by atoms with Crippen molar-refractivity contribution in [1.82, 2.24) is 0 Å². The van der Waals surface area contributed by atoms with Gasteiger partial charge in [-0.3, -0.25) is 4.79 Å². The molecule has 1 N–H and O–H groups in total.